The number of nitrogens with zero attached hydrogens (tertiary/aromatic N) is 2. The van der Waals surface area contributed by atoms with E-state index in [0.717, 1.165) is 22.2 Å². The standard InChI is InChI=1S/C21H23N3O3/c1-14-4-9-19-17(12-14)18(23-24(19)2)13-22-21(26)11-10-20(25)15-5-7-16(27-3)8-6-15/h4-9,12H,10-11,13H2,1-3H3,(H,22,26). The number of amides is 1. The predicted molar refractivity (Wildman–Crippen MR) is 104 cm³/mol. The van der Waals surface area contributed by atoms with E-state index in [1.54, 1.807) is 31.4 Å². The van der Waals surface area contributed by atoms with Crippen LogP contribution in [0, 0.1) is 6.92 Å². The van der Waals surface area contributed by atoms with Gasteiger partial charge in [0.05, 0.1) is 24.9 Å². The molecule has 1 N–H and O–H groups in total. The molecular formula is C21H23N3O3. The number of methoxy groups -OCH3 is 1. The fourth-order valence-corrected chi connectivity index (χ4v) is 3.00. The van der Waals surface area contributed by atoms with Gasteiger partial charge in [0, 0.05) is 30.8 Å². The van der Waals surface area contributed by atoms with Crippen molar-refractivity contribution in [3.63, 3.8) is 0 Å². The van der Waals surface area contributed by atoms with Crippen molar-refractivity contribution in [3.8, 4) is 5.75 Å². The van der Waals surface area contributed by atoms with Crippen molar-refractivity contribution in [2.75, 3.05) is 7.11 Å². The third-order valence-electron chi connectivity index (χ3n) is 4.53. The van der Waals surface area contributed by atoms with Gasteiger partial charge in [0.1, 0.15) is 5.75 Å². The molecule has 0 bridgehead atoms. The SMILES string of the molecule is COc1ccc(C(=O)CCC(=O)NCc2nn(C)c3ccc(C)cc23)cc1. The monoisotopic (exact) mass is 365 g/mol. The van der Waals surface area contributed by atoms with Gasteiger partial charge in [-0.1, -0.05) is 11.6 Å². The molecule has 6 heteroatoms. The first-order valence-corrected chi connectivity index (χ1v) is 8.84. The third-order valence-corrected chi connectivity index (χ3v) is 4.53. The Hall–Kier alpha value is -3.15. The zero-order valence-electron chi connectivity index (χ0n) is 15.8. The van der Waals surface area contributed by atoms with E-state index < -0.39 is 0 Å². The fourth-order valence-electron chi connectivity index (χ4n) is 3.00. The normalized spacial score (nSPS) is 10.8. The Morgan fingerprint density at radius 2 is 1.85 bits per heavy atom. The molecule has 0 aliphatic rings. The lowest BCUT2D eigenvalue weighted by Gasteiger charge is -2.05. The summed E-state index contributed by atoms with van der Waals surface area (Å²) in [6.45, 7) is 2.37. The van der Waals surface area contributed by atoms with Crippen molar-refractivity contribution in [2.45, 2.75) is 26.3 Å². The lowest BCUT2D eigenvalue weighted by atomic mass is 10.1. The number of carbonyl (C=O) groups is 2. The molecule has 27 heavy (non-hydrogen) atoms. The molecule has 2 aromatic carbocycles. The van der Waals surface area contributed by atoms with E-state index in [-0.39, 0.29) is 24.5 Å². The Bertz CT molecular complexity index is 974. The van der Waals surface area contributed by atoms with Crippen LogP contribution < -0.4 is 10.1 Å². The Morgan fingerprint density at radius 3 is 2.56 bits per heavy atom. The van der Waals surface area contributed by atoms with Gasteiger partial charge in [-0.3, -0.25) is 14.3 Å². The number of hydrogen-bond acceptors (Lipinski definition) is 4. The van der Waals surface area contributed by atoms with Crippen LogP contribution in [0.4, 0.5) is 0 Å². The lowest BCUT2D eigenvalue weighted by Crippen LogP contribution is -2.23. The number of rotatable bonds is 7. The molecule has 0 aliphatic carbocycles. The predicted octanol–water partition coefficient (Wildman–Crippen LogP) is 3.17. The molecule has 0 aliphatic heterocycles. The number of fused-ring (bicyclic) bond motifs is 1. The summed E-state index contributed by atoms with van der Waals surface area (Å²) in [7, 11) is 3.46. The Kier molecular flexibility index (Phi) is 5.54. The molecule has 0 unspecified atom stereocenters. The summed E-state index contributed by atoms with van der Waals surface area (Å²) in [6, 6.07) is 13.0. The summed E-state index contributed by atoms with van der Waals surface area (Å²) in [4.78, 5) is 24.3. The summed E-state index contributed by atoms with van der Waals surface area (Å²) in [5.74, 6) is 0.470. The number of nitrogens with one attached hydrogen (secondary N) is 1. The zero-order valence-corrected chi connectivity index (χ0v) is 15.8. The second kappa shape index (κ2) is 8.03. The van der Waals surface area contributed by atoms with E-state index in [4.69, 9.17) is 4.74 Å². The number of Topliss-reactive ketones (excluding diaryl/α,β-unsaturated/α-hetero) is 1. The maximum atomic E-state index is 12.2. The van der Waals surface area contributed by atoms with Crippen LogP contribution >= 0.6 is 0 Å². The van der Waals surface area contributed by atoms with Crippen LogP contribution in [-0.4, -0.2) is 28.6 Å². The number of ether oxygens (including phenoxy) is 1. The van der Waals surface area contributed by atoms with E-state index in [2.05, 4.69) is 16.5 Å². The quantitative estimate of drug-likeness (QED) is 0.653. The highest BCUT2D eigenvalue weighted by Gasteiger charge is 2.12. The minimum Gasteiger partial charge on any atom is -0.497 e. The number of carbonyl (C=O) groups excluding carboxylic acids is 2. The van der Waals surface area contributed by atoms with Gasteiger partial charge in [-0.05, 0) is 43.3 Å². The highest BCUT2D eigenvalue weighted by Crippen LogP contribution is 2.19. The Morgan fingerprint density at radius 1 is 1.11 bits per heavy atom. The minimum atomic E-state index is -0.164. The van der Waals surface area contributed by atoms with E-state index in [0.29, 0.717) is 17.9 Å². The second-order valence-electron chi connectivity index (χ2n) is 6.52. The van der Waals surface area contributed by atoms with Crippen molar-refractivity contribution < 1.29 is 14.3 Å². The van der Waals surface area contributed by atoms with Gasteiger partial charge in [-0.2, -0.15) is 5.10 Å². The lowest BCUT2D eigenvalue weighted by molar-refractivity contribution is -0.121. The van der Waals surface area contributed by atoms with Crippen LogP contribution in [0.5, 0.6) is 5.75 Å². The van der Waals surface area contributed by atoms with Crippen LogP contribution in [0.25, 0.3) is 10.9 Å². The van der Waals surface area contributed by atoms with E-state index in [9.17, 15) is 9.59 Å². The smallest absolute Gasteiger partial charge is 0.220 e. The number of aryl methyl sites for hydroxylation is 2. The highest BCUT2D eigenvalue weighted by molar-refractivity contribution is 5.98. The van der Waals surface area contributed by atoms with Crippen molar-refractivity contribution in [2.24, 2.45) is 7.05 Å². The molecule has 1 aromatic heterocycles. The van der Waals surface area contributed by atoms with Crippen LogP contribution in [0.3, 0.4) is 0 Å². The molecule has 0 fully saturated rings. The number of aromatic nitrogens is 2. The van der Waals surface area contributed by atoms with Gasteiger partial charge in [0.25, 0.3) is 0 Å². The summed E-state index contributed by atoms with van der Waals surface area (Å²) in [6.07, 6.45) is 0.314. The summed E-state index contributed by atoms with van der Waals surface area (Å²) < 4.78 is 6.89. The molecule has 0 saturated carbocycles. The van der Waals surface area contributed by atoms with Crippen LogP contribution in [0.2, 0.25) is 0 Å². The first-order valence-electron chi connectivity index (χ1n) is 8.84. The molecule has 0 saturated heterocycles. The molecule has 3 aromatic rings. The topological polar surface area (TPSA) is 73.2 Å². The van der Waals surface area contributed by atoms with Crippen molar-refractivity contribution in [3.05, 3.63) is 59.3 Å². The summed E-state index contributed by atoms with van der Waals surface area (Å²) >= 11 is 0. The van der Waals surface area contributed by atoms with E-state index >= 15 is 0 Å². The second-order valence-corrected chi connectivity index (χ2v) is 6.52. The van der Waals surface area contributed by atoms with Crippen LogP contribution in [0.1, 0.15) is 34.5 Å². The molecule has 0 radical (unpaired) electrons. The molecule has 1 amide bonds. The summed E-state index contributed by atoms with van der Waals surface area (Å²) in [5, 5.41) is 8.38. The average Bonchev–Trinajstić information content (AvgIpc) is 2.99. The number of hydrogen-bond donors (Lipinski definition) is 1. The fraction of sp³-hybridized carbons (Fsp3) is 0.286. The largest absolute Gasteiger partial charge is 0.497 e. The molecule has 1 heterocycles. The van der Waals surface area contributed by atoms with Gasteiger partial charge in [-0.15, -0.1) is 0 Å². The maximum absolute atomic E-state index is 12.2. The summed E-state index contributed by atoms with van der Waals surface area (Å²) in [5.41, 5.74) is 3.58. The minimum absolute atomic E-state index is 0.0632. The molecular weight excluding hydrogens is 342 g/mol. The third kappa shape index (κ3) is 4.34. The van der Waals surface area contributed by atoms with Gasteiger partial charge in [0.15, 0.2) is 5.78 Å². The van der Waals surface area contributed by atoms with E-state index in [1.807, 2.05) is 30.8 Å². The number of ketones is 1. The van der Waals surface area contributed by atoms with E-state index in [1.165, 1.54) is 0 Å². The zero-order chi connectivity index (χ0) is 19.4. The van der Waals surface area contributed by atoms with Gasteiger partial charge < -0.3 is 10.1 Å². The van der Waals surface area contributed by atoms with Crippen molar-refractivity contribution in [1.82, 2.24) is 15.1 Å². The van der Waals surface area contributed by atoms with Gasteiger partial charge >= 0.3 is 0 Å². The maximum Gasteiger partial charge on any atom is 0.220 e. The van der Waals surface area contributed by atoms with Crippen LogP contribution in [-0.2, 0) is 18.4 Å². The molecule has 6 nitrogen and oxygen atoms in total. The van der Waals surface area contributed by atoms with Gasteiger partial charge in [-0.25, -0.2) is 0 Å². The van der Waals surface area contributed by atoms with Crippen LogP contribution in [0.15, 0.2) is 42.5 Å². The van der Waals surface area contributed by atoms with Crippen molar-refractivity contribution in [1.29, 1.82) is 0 Å². The molecule has 0 atom stereocenters. The molecule has 3 rings (SSSR count). The highest BCUT2D eigenvalue weighted by atomic mass is 16.5. The average molecular weight is 365 g/mol. The molecule has 0 spiro atoms. The van der Waals surface area contributed by atoms with Crippen molar-refractivity contribution >= 4 is 22.6 Å². The Balaban J connectivity index is 1.55. The number of benzene rings is 2. The molecule has 140 valence electrons. The first-order chi connectivity index (χ1) is 13.0. The first kappa shape index (κ1) is 18.6. The van der Waals surface area contributed by atoms with Gasteiger partial charge in [0.2, 0.25) is 5.91 Å². The Labute approximate surface area is 158 Å².